The number of likely N-dealkylation sites (N-methyl/N-ethyl adjacent to an activating group) is 5. The molecule has 0 radical (unpaired) electrons. The fourth-order valence-electron chi connectivity index (χ4n) is 7.33. The zero-order chi connectivity index (χ0) is 53.8. The van der Waals surface area contributed by atoms with Gasteiger partial charge in [0, 0.05) is 82.4 Å². The van der Waals surface area contributed by atoms with E-state index >= 15 is 0 Å². The van der Waals surface area contributed by atoms with Gasteiger partial charge in [-0.15, -0.1) is 0 Å². The third-order valence-electron chi connectivity index (χ3n) is 15.8. The molecule has 0 heterocycles. The minimum atomic E-state index is -0.913. The highest BCUT2D eigenvalue weighted by Crippen LogP contribution is 2.37. The van der Waals surface area contributed by atoms with E-state index in [-0.39, 0.29) is 55.4 Å². The summed E-state index contributed by atoms with van der Waals surface area (Å²) in [6.07, 6.45) is -1.90. The molecule has 0 aliphatic heterocycles. The van der Waals surface area contributed by atoms with E-state index in [9.17, 15) is 28.8 Å². The van der Waals surface area contributed by atoms with Crippen molar-refractivity contribution < 1.29 is 43.0 Å². The molecule has 6 amide bonds. The maximum atomic E-state index is 14.1. The molecule has 1 aromatic carbocycles. The Morgan fingerprint density at radius 3 is 1.16 bits per heavy atom. The fourth-order valence-corrected chi connectivity index (χ4v) is 7.33. The minimum Gasteiger partial charge on any atom is -0.445 e. The van der Waals surface area contributed by atoms with Crippen LogP contribution in [0.1, 0.15) is 162 Å². The van der Waals surface area contributed by atoms with Crippen LogP contribution in [0.4, 0.5) is 20.1 Å². The number of nitrogens with one attached hydrogen (secondary N) is 1. The van der Waals surface area contributed by atoms with Crippen molar-refractivity contribution in [3.8, 4) is 0 Å². The first-order valence-corrected chi connectivity index (χ1v) is 23.9. The second-order valence-electron chi connectivity index (χ2n) is 23.5. The SMILES string of the molecule is CC(C)C(=O)NC(C)(C)C(C)(C)N(C)C(=O)OCc1cc(COC(=O)N(C)C(C)(C)C(C)(C)N(C)C(=O)C(C)C)cc(COC(=O)N(C)C(C)(C)C(C)(C)N(C)C(=O)C(C)(C)C)c1N(C)C(C)C. The third-order valence-corrected chi connectivity index (χ3v) is 15.8. The smallest absolute Gasteiger partial charge is 0.410 e. The monoisotopic (exact) mass is 960 g/mol. The number of benzene rings is 1. The van der Waals surface area contributed by atoms with Gasteiger partial charge in [0.25, 0.3) is 0 Å². The van der Waals surface area contributed by atoms with Crippen LogP contribution in [0.25, 0.3) is 0 Å². The van der Waals surface area contributed by atoms with Crippen molar-refractivity contribution in [3.05, 3.63) is 28.8 Å². The standard InChI is InChI=1S/C52H93N7O9/c1-33(2)40(60)53-47(10,11)48(12,13)57(25)43(63)67-31-37-28-36(30-66-44(64)58(26)51(18,19)49(14,15)55(23)41(61)34(3)4)29-38(39(37)54(22)35(5)6)32-68-45(65)59(27)52(20,21)50(16,17)56(24)42(62)46(7,8)9/h28-29,33-35H,30-32H2,1-27H3,(H,53,60). The van der Waals surface area contributed by atoms with E-state index in [4.69, 9.17) is 14.2 Å². The number of ether oxygens (including phenoxy) is 3. The molecule has 0 unspecified atom stereocenters. The van der Waals surface area contributed by atoms with E-state index in [1.807, 2.05) is 156 Å². The normalized spacial score (nSPS) is 13.0. The number of rotatable bonds is 19. The molecule has 0 aliphatic carbocycles. The van der Waals surface area contributed by atoms with Crippen LogP contribution in [0.15, 0.2) is 12.1 Å². The van der Waals surface area contributed by atoms with E-state index in [0.717, 1.165) is 0 Å². The van der Waals surface area contributed by atoms with E-state index in [1.165, 1.54) is 14.7 Å². The zero-order valence-electron chi connectivity index (χ0n) is 47.4. The van der Waals surface area contributed by atoms with Crippen LogP contribution in [0.2, 0.25) is 0 Å². The quantitative estimate of drug-likeness (QED) is 0.132. The molecule has 1 rings (SSSR count). The van der Waals surface area contributed by atoms with E-state index in [1.54, 1.807) is 58.9 Å². The summed E-state index contributed by atoms with van der Waals surface area (Å²) in [6.45, 7) is 38.9. The van der Waals surface area contributed by atoms with Crippen molar-refractivity contribution in [2.24, 2.45) is 17.3 Å². The van der Waals surface area contributed by atoms with Gasteiger partial charge in [-0.2, -0.15) is 0 Å². The summed E-state index contributed by atoms with van der Waals surface area (Å²) < 4.78 is 18.2. The second kappa shape index (κ2) is 21.9. The number of nitrogens with zero attached hydrogens (tertiary/aromatic N) is 6. The van der Waals surface area contributed by atoms with Gasteiger partial charge in [0.05, 0.1) is 33.2 Å². The Morgan fingerprint density at radius 1 is 0.485 bits per heavy atom. The predicted octanol–water partition coefficient (Wildman–Crippen LogP) is 9.30. The summed E-state index contributed by atoms with van der Waals surface area (Å²) in [5, 5.41) is 3.07. The van der Waals surface area contributed by atoms with Gasteiger partial charge >= 0.3 is 18.3 Å². The predicted molar refractivity (Wildman–Crippen MR) is 271 cm³/mol. The Balaban J connectivity index is 3.89. The Labute approximate surface area is 411 Å². The highest BCUT2D eigenvalue weighted by molar-refractivity contribution is 5.82. The van der Waals surface area contributed by atoms with E-state index in [2.05, 4.69) is 5.32 Å². The molecule has 0 fully saturated rings. The summed E-state index contributed by atoms with van der Waals surface area (Å²) >= 11 is 0. The highest BCUT2D eigenvalue weighted by atomic mass is 16.6. The molecule has 0 bridgehead atoms. The topological polar surface area (TPSA) is 162 Å². The van der Waals surface area contributed by atoms with Crippen molar-refractivity contribution in [1.29, 1.82) is 0 Å². The van der Waals surface area contributed by atoms with E-state index in [0.29, 0.717) is 22.4 Å². The van der Waals surface area contributed by atoms with Crippen molar-refractivity contribution in [3.63, 3.8) is 0 Å². The van der Waals surface area contributed by atoms with Crippen molar-refractivity contribution >= 4 is 41.7 Å². The van der Waals surface area contributed by atoms with Gasteiger partial charge in [0.1, 0.15) is 19.8 Å². The molecule has 0 aliphatic rings. The van der Waals surface area contributed by atoms with Crippen LogP contribution in [-0.2, 0) is 48.4 Å². The van der Waals surface area contributed by atoms with Gasteiger partial charge in [-0.05, 0) is 115 Å². The van der Waals surface area contributed by atoms with Gasteiger partial charge < -0.3 is 48.9 Å². The van der Waals surface area contributed by atoms with Crippen LogP contribution in [0, 0.1) is 17.3 Å². The first kappa shape index (κ1) is 61.3. The summed E-state index contributed by atoms with van der Waals surface area (Å²) in [5.74, 6) is -0.786. The summed E-state index contributed by atoms with van der Waals surface area (Å²) in [7, 11) is 10.3. The molecule has 1 aromatic rings. The molecular formula is C52H93N7O9. The first-order valence-electron chi connectivity index (χ1n) is 23.9. The number of hydrogen-bond donors (Lipinski definition) is 1. The Bertz CT molecular complexity index is 1980. The number of carbonyl (C=O) groups is 6. The van der Waals surface area contributed by atoms with Crippen LogP contribution < -0.4 is 10.2 Å². The van der Waals surface area contributed by atoms with Gasteiger partial charge in [-0.1, -0.05) is 48.5 Å². The molecule has 68 heavy (non-hydrogen) atoms. The fraction of sp³-hybridized carbons (Fsp3) is 0.769. The Kier molecular flexibility index (Phi) is 19.7. The summed E-state index contributed by atoms with van der Waals surface area (Å²) in [6, 6.07) is 3.56. The summed E-state index contributed by atoms with van der Waals surface area (Å²) in [5.41, 5.74) is -3.52. The van der Waals surface area contributed by atoms with Gasteiger partial charge in [0.15, 0.2) is 0 Å². The first-order chi connectivity index (χ1) is 30.4. The highest BCUT2D eigenvalue weighted by Gasteiger charge is 2.50. The number of hydrogen-bond acceptors (Lipinski definition) is 10. The molecular weight excluding hydrogens is 867 g/mol. The van der Waals surface area contributed by atoms with Gasteiger partial charge in [-0.3, -0.25) is 14.4 Å². The molecule has 0 atom stereocenters. The third kappa shape index (κ3) is 13.1. The van der Waals surface area contributed by atoms with Crippen molar-refractivity contribution in [1.82, 2.24) is 29.8 Å². The van der Waals surface area contributed by atoms with Crippen molar-refractivity contribution in [2.75, 3.05) is 47.2 Å². The van der Waals surface area contributed by atoms with Crippen LogP contribution in [0.3, 0.4) is 0 Å². The lowest BCUT2D eigenvalue weighted by Gasteiger charge is -2.52. The Hall–Kier alpha value is -4.76. The zero-order valence-corrected chi connectivity index (χ0v) is 47.4. The molecule has 16 nitrogen and oxygen atoms in total. The summed E-state index contributed by atoms with van der Waals surface area (Å²) in [4.78, 5) is 91.2. The largest absolute Gasteiger partial charge is 0.445 e. The average molecular weight is 960 g/mol. The maximum Gasteiger partial charge on any atom is 0.410 e. The van der Waals surface area contributed by atoms with Crippen LogP contribution in [0.5, 0.6) is 0 Å². The number of amides is 6. The number of carbonyl (C=O) groups excluding carboxylic acids is 6. The Morgan fingerprint density at radius 2 is 0.824 bits per heavy atom. The lowest BCUT2D eigenvalue weighted by atomic mass is 9.78. The average Bonchev–Trinajstić information content (AvgIpc) is 3.22. The molecule has 0 saturated heterocycles. The lowest BCUT2D eigenvalue weighted by Crippen LogP contribution is -2.66. The van der Waals surface area contributed by atoms with Crippen molar-refractivity contribution in [2.45, 2.75) is 204 Å². The molecule has 0 aromatic heterocycles. The minimum absolute atomic E-state index is 0.0597. The molecule has 0 spiro atoms. The molecule has 16 heteroatoms. The van der Waals surface area contributed by atoms with E-state index < -0.39 is 56.9 Å². The molecule has 0 saturated carbocycles. The maximum absolute atomic E-state index is 14.1. The lowest BCUT2D eigenvalue weighted by molar-refractivity contribution is -0.148. The van der Waals surface area contributed by atoms with Gasteiger partial charge in [0.2, 0.25) is 17.7 Å². The van der Waals surface area contributed by atoms with Crippen LogP contribution in [-0.4, -0.2) is 142 Å². The second-order valence-corrected chi connectivity index (χ2v) is 23.5. The molecule has 390 valence electrons. The number of anilines is 1. The molecule has 1 N–H and O–H groups in total. The van der Waals surface area contributed by atoms with Gasteiger partial charge in [-0.25, -0.2) is 14.4 Å². The van der Waals surface area contributed by atoms with Crippen LogP contribution >= 0.6 is 0 Å².